The van der Waals surface area contributed by atoms with Gasteiger partial charge in [-0.3, -0.25) is 19.2 Å². The first-order chi connectivity index (χ1) is 30.7. The summed E-state index contributed by atoms with van der Waals surface area (Å²) in [5.41, 5.74) is 3.12. The fourth-order valence-corrected chi connectivity index (χ4v) is 7.61. The molecule has 0 aromatic heterocycles. The number of hydrogen-bond acceptors (Lipinski definition) is 13. The molecule has 1 N–H and O–H groups in total. The standard InChI is InChI=1S/C49H53NO13/c1-33(52)62-43(39(28-34-16-7-3-8-17-34)47(55)50-40(32-61-49(50)56)37-22-13-6-14-23-37)41(54)26-25-38(53)24-15-27-58-46-45(60-31-36-20-11-5-12-21-36)44(42(29-51)63-48(46)57-2)59-30-35-18-9-4-10-19-35/h3-14,16-23,25-26,39-40,42-46,48,51H,15,24,27-32H2,1-2H3/t39-,40-,42-,43+,44-,45+,46+,48+/m1/s1. The van der Waals surface area contributed by atoms with Gasteiger partial charge in [0.15, 0.2) is 24.0 Å². The van der Waals surface area contributed by atoms with Crippen molar-refractivity contribution < 1.29 is 62.2 Å². The number of rotatable bonds is 22. The van der Waals surface area contributed by atoms with Crippen molar-refractivity contribution in [1.29, 1.82) is 0 Å². The van der Waals surface area contributed by atoms with Crippen LogP contribution in [0.4, 0.5) is 4.79 Å². The molecule has 2 amide bonds. The van der Waals surface area contributed by atoms with Crippen LogP contribution >= 0.6 is 0 Å². The number of ether oxygens (including phenoxy) is 7. The van der Waals surface area contributed by atoms with Crippen LogP contribution < -0.4 is 0 Å². The van der Waals surface area contributed by atoms with Crippen LogP contribution in [0.25, 0.3) is 0 Å². The first-order valence-electron chi connectivity index (χ1n) is 20.9. The number of allylic oxidation sites excluding steroid dienone is 1. The third kappa shape index (κ3) is 12.9. The van der Waals surface area contributed by atoms with Gasteiger partial charge in [0.2, 0.25) is 5.91 Å². The largest absolute Gasteiger partial charge is 0.453 e. The summed E-state index contributed by atoms with van der Waals surface area (Å²) in [4.78, 5) is 68.0. The number of nitrogens with zero attached hydrogens (tertiary/aromatic N) is 1. The Morgan fingerprint density at radius 1 is 0.762 bits per heavy atom. The predicted octanol–water partition coefficient (Wildman–Crippen LogP) is 5.89. The van der Waals surface area contributed by atoms with E-state index in [9.17, 15) is 29.1 Å². The lowest BCUT2D eigenvalue weighted by Crippen LogP contribution is -2.61. The van der Waals surface area contributed by atoms with Crippen LogP contribution in [0.2, 0.25) is 0 Å². The van der Waals surface area contributed by atoms with E-state index >= 15 is 0 Å². The van der Waals surface area contributed by atoms with E-state index in [2.05, 4.69) is 0 Å². The highest BCUT2D eigenvalue weighted by Gasteiger charge is 2.49. The molecular weight excluding hydrogens is 811 g/mol. The molecule has 14 nitrogen and oxygen atoms in total. The van der Waals surface area contributed by atoms with Crippen molar-refractivity contribution in [2.45, 2.75) is 82.3 Å². The van der Waals surface area contributed by atoms with Crippen LogP contribution in [-0.2, 0) is 72.0 Å². The molecule has 2 heterocycles. The highest BCUT2D eigenvalue weighted by atomic mass is 16.7. The first-order valence-corrected chi connectivity index (χ1v) is 20.9. The molecule has 2 aliphatic heterocycles. The Labute approximate surface area is 366 Å². The molecule has 2 aliphatic rings. The molecule has 0 aliphatic carbocycles. The number of aliphatic hydroxyl groups excluding tert-OH is 1. The van der Waals surface area contributed by atoms with E-state index in [4.69, 9.17) is 33.2 Å². The minimum absolute atomic E-state index is 0.0409. The number of hydrogen-bond donors (Lipinski definition) is 1. The predicted molar refractivity (Wildman–Crippen MR) is 227 cm³/mol. The summed E-state index contributed by atoms with van der Waals surface area (Å²) < 4.78 is 41.7. The van der Waals surface area contributed by atoms with Gasteiger partial charge in [-0.05, 0) is 47.2 Å². The third-order valence-corrected chi connectivity index (χ3v) is 10.7. The number of imide groups is 1. The summed E-state index contributed by atoms with van der Waals surface area (Å²) in [6.45, 7) is 1.14. The highest BCUT2D eigenvalue weighted by molar-refractivity contribution is 6.04. The Hall–Kier alpha value is -5.87. The molecule has 4 aromatic rings. The second kappa shape index (κ2) is 23.5. The maximum atomic E-state index is 14.4. The second-order valence-electron chi connectivity index (χ2n) is 15.2. The number of esters is 1. The maximum absolute atomic E-state index is 14.4. The Kier molecular flexibility index (Phi) is 17.4. The second-order valence-corrected chi connectivity index (χ2v) is 15.2. The van der Waals surface area contributed by atoms with E-state index in [-0.39, 0.29) is 52.3 Å². The van der Waals surface area contributed by atoms with Crippen molar-refractivity contribution in [3.05, 3.63) is 156 Å². The zero-order valence-corrected chi connectivity index (χ0v) is 35.3. The average molecular weight is 864 g/mol. The van der Waals surface area contributed by atoms with Crippen molar-refractivity contribution in [1.82, 2.24) is 4.90 Å². The monoisotopic (exact) mass is 863 g/mol. The number of benzene rings is 4. The first kappa shape index (κ1) is 46.6. The number of ketones is 2. The van der Waals surface area contributed by atoms with E-state index in [0.29, 0.717) is 11.1 Å². The lowest BCUT2D eigenvalue weighted by Gasteiger charge is -2.45. The summed E-state index contributed by atoms with van der Waals surface area (Å²) in [7, 11) is 1.46. The molecule has 6 rings (SSSR count). The number of cyclic esters (lactones) is 1. The maximum Gasteiger partial charge on any atom is 0.417 e. The van der Waals surface area contributed by atoms with Crippen LogP contribution in [0.5, 0.6) is 0 Å². The lowest BCUT2D eigenvalue weighted by molar-refractivity contribution is -0.319. The van der Waals surface area contributed by atoms with Gasteiger partial charge >= 0.3 is 12.1 Å². The molecule has 0 saturated carbocycles. The molecule has 0 radical (unpaired) electrons. The smallest absolute Gasteiger partial charge is 0.417 e. The quantitative estimate of drug-likeness (QED) is 0.0564. The summed E-state index contributed by atoms with van der Waals surface area (Å²) in [5, 5.41) is 10.4. The molecule has 0 spiro atoms. The van der Waals surface area contributed by atoms with Gasteiger partial charge in [0.25, 0.3) is 0 Å². The molecule has 14 heteroatoms. The molecule has 0 unspecified atom stereocenters. The summed E-state index contributed by atoms with van der Waals surface area (Å²) >= 11 is 0. The van der Waals surface area contributed by atoms with Crippen molar-refractivity contribution in [3.8, 4) is 0 Å². The average Bonchev–Trinajstić information content (AvgIpc) is 3.71. The number of carbonyl (C=O) groups is 5. The van der Waals surface area contributed by atoms with E-state index < -0.39 is 78.3 Å². The molecule has 8 atom stereocenters. The number of methoxy groups -OCH3 is 1. The molecule has 63 heavy (non-hydrogen) atoms. The summed E-state index contributed by atoms with van der Waals surface area (Å²) in [5.74, 6) is -4.19. The van der Waals surface area contributed by atoms with Gasteiger partial charge in [0.1, 0.15) is 37.1 Å². The Balaban J connectivity index is 1.13. The van der Waals surface area contributed by atoms with Gasteiger partial charge in [-0.25, -0.2) is 9.69 Å². The van der Waals surface area contributed by atoms with Crippen LogP contribution in [0.3, 0.4) is 0 Å². The van der Waals surface area contributed by atoms with Gasteiger partial charge in [0.05, 0.1) is 25.7 Å². The zero-order chi connectivity index (χ0) is 44.6. The molecule has 332 valence electrons. The van der Waals surface area contributed by atoms with Crippen LogP contribution in [0.1, 0.15) is 48.1 Å². The van der Waals surface area contributed by atoms with Crippen molar-refractivity contribution in [3.63, 3.8) is 0 Å². The van der Waals surface area contributed by atoms with Gasteiger partial charge in [0, 0.05) is 27.1 Å². The number of carbonyl (C=O) groups excluding carboxylic acids is 5. The van der Waals surface area contributed by atoms with Gasteiger partial charge in [-0.2, -0.15) is 0 Å². The van der Waals surface area contributed by atoms with E-state index in [1.807, 2.05) is 60.7 Å². The van der Waals surface area contributed by atoms with E-state index in [1.54, 1.807) is 60.7 Å². The fourth-order valence-electron chi connectivity index (χ4n) is 7.61. The summed E-state index contributed by atoms with van der Waals surface area (Å²) in [6.07, 6.45) is -4.45. The number of amides is 2. The molecule has 0 bridgehead atoms. The Bertz CT molecular complexity index is 2120. The van der Waals surface area contributed by atoms with Crippen molar-refractivity contribution in [2.75, 3.05) is 26.9 Å². The normalized spacial score (nSPS) is 22.0. The molecule has 2 fully saturated rings. The minimum atomic E-state index is -1.67. The van der Waals surface area contributed by atoms with Crippen LogP contribution in [0, 0.1) is 5.92 Å². The van der Waals surface area contributed by atoms with E-state index in [0.717, 1.165) is 35.1 Å². The highest BCUT2D eigenvalue weighted by Crippen LogP contribution is 2.33. The Morgan fingerprint density at radius 3 is 1.90 bits per heavy atom. The molecule has 2 saturated heterocycles. The fraction of sp³-hybridized carbons (Fsp3) is 0.367. The molecule has 4 aromatic carbocycles. The topological polar surface area (TPSA) is 173 Å². The SMILES string of the molecule is CO[C@H]1O[C@H](CO)[C@@H](OCc2ccccc2)[C@H](OCc2ccccc2)[C@@H]1OCCCC(=O)C=CC(=O)[C@@H](OC(C)=O)[C@@H](Cc1ccccc1)C(=O)N1C(=O)OC[C@@H]1c1ccccc1. The van der Waals surface area contributed by atoms with Crippen LogP contribution in [0.15, 0.2) is 133 Å². The van der Waals surface area contributed by atoms with Crippen molar-refractivity contribution in [2.24, 2.45) is 5.92 Å². The third-order valence-electron chi connectivity index (χ3n) is 10.7. The van der Waals surface area contributed by atoms with Gasteiger partial charge in [-0.15, -0.1) is 0 Å². The Morgan fingerprint density at radius 2 is 1.33 bits per heavy atom. The lowest BCUT2D eigenvalue weighted by atomic mass is 9.89. The van der Waals surface area contributed by atoms with Gasteiger partial charge < -0.3 is 38.3 Å². The zero-order valence-electron chi connectivity index (χ0n) is 35.3. The summed E-state index contributed by atoms with van der Waals surface area (Å²) in [6, 6.07) is 36.0. The number of aliphatic hydroxyl groups is 1. The van der Waals surface area contributed by atoms with E-state index in [1.165, 1.54) is 7.11 Å². The van der Waals surface area contributed by atoms with Gasteiger partial charge in [-0.1, -0.05) is 121 Å². The van der Waals surface area contributed by atoms with Crippen molar-refractivity contribution >= 4 is 29.5 Å². The van der Waals surface area contributed by atoms with Crippen LogP contribution in [-0.4, -0.2) is 103 Å². The molecular formula is C49H53NO13. The minimum Gasteiger partial charge on any atom is -0.453 e.